The number of hydrogen-bond donors (Lipinski definition) is 2. The third kappa shape index (κ3) is 3.73. The molecule has 0 spiro atoms. The first-order valence-corrected chi connectivity index (χ1v) is 7.36. The molecule has 24 heavy (non-hydrogen) atoms. The first kappa shape index (κ1) is 15.6. The Morgan fingerprint density at radius 1 is 0.958 bits per heavy atom. The SMILES string of the molecule is COc1cccc(Oc2cccc(Cc3c[nH]c(=O)[nH]c3=O)c2)c1. The average molecular weight is 324 g/mol. The van der Waals surface area contributed by atoms with Crippen LogP contribution in [0.15, 0.2) is 64.3 Å². The summed E-state index contributed by atoms with van der Waals surface area (Å²) in [6.07, 6.45) is 1.82. The fourth-order valence-corrected chi connectivity index (χ4v) is 2.31. The molecule has 0 saturated heterocycles. The Kier molecular flexibility index (Phi) is 4.47. The van der Waals surface area contributed by atoms with E-state index in [1.807, 2.05) is 42.5 Å². The van der Waals surface area contributed by atoms with Crippen molar-refractivity contribution in [1.29, 1.82) is 0 Å². The Bertz CT molecular complexity index is 959. The van der Waals surface area contributed by atoms with E-state index in [4.69, 9.17) is 9.47 Å². The van der Waals surface area contributed by atoms with E-state index in [0.29, 0.717) is 29.2 Å². The lowest BCUT2D eigenvalue weighted by Crippen LogP contribution is -2.24. The molecule has 0 amide bonds. The molecular weight excluding hydrogens is 308 g/mol. The van der Waals surface area contributed by atoms with E-state index < -0.39 is 11.2 Å². The minimum absolute atomic E-state index is 0.390. The average Bonchev–Trinajstić information content (AvgIpc) is 2.58. The van der Waals surface area contributed by atoms with Crippen molar-refractivity contribution >= 4 is 0 Å². The molecule has 0 saturated carbocycles. The van der Waals surface area contributed by atoms with Gasteiger partial charge in [0.2, 0.25) is 0 Å². The third-order valence-electron chi connectivity index (χ3n) is 3.47. The third-order valence-corrected chi connectivity index (χ3v) is 3.47. The molecule has 3 aromatic rings. The van der Waals surface area contributed by atoms with Crippen LogP contribution in [0.1, 0.15) is 11.1 Å². The van der Waals surface area contributed by atoms with Crippen molar-refractivity contribution in [2.45, 2.75) is 6.42 Å². The number of aromatic amines is 2. The van der Waals surface area contributed by atoms with Gasteiger partial charge in [0.15, 0.2) is 0 Å². The first-order chi connectivity index (χ1) is 11.6. The number of benzene rings is 2. The summed E-state index contributed by atoms with van der Waals surface area (Å²) in [6, 6.07) is 14.7. The van der Waals surface area contributed by atoms with Gasteiger partial charge in [0.1, 0.15) is 17.2 Å². The predicted octanol–water partition coefficient (Wildman–Crippen LogP) is 2.45. The summed E-state index contributed by atoms with van der Waals surface area (Å²) in [6.45, 7) is 0. The second kappa shape index (κ2) is 6.87. The van der Waals surface area contributed by atoms with E-state index in [0.717, 1.165) is 5.56 Å². The van der Waals surface area contributed by atoms with Gasteiger partial charge < -0.3 is 14.5 Å². The van der Waals surface area contributed by atoms with Crippen LogP contribution in [0.3, 0.4) is 0 Å². The van der Waals surface area contributed by atoms with E-state index in [9.17, 15) is 9.59 Å². The Morgan fingerprint density at radius 2 is 1.67 bits per heavy atom. The molecule has 6 nitrogen and oxygen atoms in total. The van der Waals surface area contributed by atoms with Gasteiger partial charge in [-0.1, -0.05) is 18.2 Å². The van der Waals surface area contributed by atoms with Gasteiger partial charge in [-0.3, -0.25) is 9.78 Å². The number of nitrogens with one attached hydrogen (secondary N) is 2. The van der Waals surface area contributed by atoms with Crippen LogP contribution >= 0.6 is 0 Å². The van der Waals surface area contributed by atoms with Gasteiger partial charge in [-0.15, -0.1) is 0 Å². The summed E-state index contributed by atoms with van der Waals surface area (Å²) in [5.41, 5.74) is 0.470. The molecule has 1 heterocycles. The van der Waals surface area contributed by atoms with Crippen LogP contribution in [0.5, 0.6) is 17.2 Å². The van der Waals surface area contributed by atoms with Gasteiger partial charge >= 0.3 is 5.69 Å². The summed E-state index contributed by atoms with van der Waals surface area (Å²) in [5.74, 6) is 2.03. The van der Waals surface area contributed by atoms with E-state index in [1.54, 1.807) is 13.2 Å². The fourth-order valence-electron chi connectivity index (χ4n) is 2.31. The van der Waals surface area contributed by atoms with Crippen LogP contribution in [0.25, 0.3) is 0 Å². The van der Waals surface area contributed by atoms with Gasteiger partial charge in [-0.25, -0.2) is 4.79 Å². The molecule has 0 bridgehead atoms. The molecule has 0 atom stereocenters. The van der Waals surface area contributed by atoms with Crippen molar-refractivity contribution in [3.63, 3.8) is 0 Å². The smallest absolute Gasteiger partial charge is 0.325 e. The van der Waals surface area contributed by atoms with Crippen LogP contribution in [0.2, 0.25) is 0 Å². The summed E-state index contributed by atoms with van der Waals surface area (Å²) in [7, 11) is 1.60. The van der Waals surface area contributed by atoms with E-state index in [2.05, 4.69) is 9.97 Å². The highest BCUT2D eigenvalue weighted by Gasteiger charge is 2.05. The summed E-state index contributed by atoms with van der Waals surface area (Å²) >= 11 is 0. The van der Waals surface area contributed by atoms with Crippen molar-refractivity contribution in [3.05, 3.63) is 86.7 Å². The van der Waals surface area contributed by atoms with Crippen molar-refractivity contribution in [2.75, 3.05) is 7.11 Å². The molecule has 0 unspecified atom stereocenters. The second-order valence-corrected chi connectivity index (χ2v) is 5.20. The number of rotatable bonds is 5. The Morgan fingerprint density at radius 3 is 2.42 bits per heavy atom. The lowest BCUT2D eigenvalue weighted by molar-refractivity contribution is 0.409. The predicted molar refractivity (Wildman–Crippen MR) is 90.0 cm³/mol. The molecule has 3 rings (SSSR count). The van der Waals surface area contributed by atoms with Crippen LogP contribution in [0, 0.1) is 0 Å². The molecule has 0 aliphatic heterocycles. The van der Waals surface area contributed by atoms with Gasteiger partial charge in [0, 0.05) is 24.2 Å². The van der Waals surface area contributed by atoms with Crippen LogP contribution in [-0.4, -0.2) is 17.1 Å². The maximum Gasteiger partial charge on any atom is 0.325 e. The number of methoxy groups -OCH3 is 1. The first-order valence-electron chi connectivity index (χ1n) is 7.36. The van der Waals surface area contributed by atoms with Crippen molar-refractivity contribution in [2.24, 2.45) is 0 Å². The molecule has 122 valence electrons. The maximum absolute atomic E-state index is 11.8. The monoisotopic (exact) mass is 324 g/mol. The molecule has 0 radical (unpaired) electrons. The molecule has 0 aliphatic carbocycles. The normalized spacial score (nSPS) is 10.4. The maximum atomic E-state index is 11.8. The Hall–Kier alpha value is -3.28. The number of hydrogen-bond acceptors (Lipinski definition) is 4. The van der Waals surface area contributed by atoms with E-state index >= 15 is 0 Å². The molecule has 2 aromatic carbocycles. The van der Waals surface area contributed by atoms with Crippen molar-refractivity contribution in [1.82, 2.24) is 9.97 Å². The summed E-state index contributed by atoms with van der Waals surface area (Å²) < 4.78 is 11.0. The van der Waals surface area contributed by atoms with Crippen LogP contribution < -0.4 is 20.7 Å². The zero-order valence-corrected chi connectivity index (χ0v) is 13.0. The highest BCUT2D eigenvalue weighted by atomic mass is 16.5. The van der Waals surface area contributed by atoms with Gasteiger partial charge in [0.25, 0.3) is 5.56 Å². The lowest BCUT2D eigenvalue weighted by atomic mass is 10.1. The molecule has 0 fully saturated rings. The standard InChI is InChI=1S/C18H16N2O4/c1-23-14-5-3-7-16(10-14)24-15-6-2-4-12(9-15)8-13-11-19-18(22)20-17(13)21/h2-7,9-11H,8H2,1H3,(H2,19,20,21,22). The topological polar surface area (TPSA) is 84.2 Å². The van der Waals surface area contributed by atoms with Gasteiger partial charge in [0.05, 0.1) is 7.11 Å². The van der Waals surface area contributed by atoms with Crippen molar-refractivity contribution in [3.8, 4) is 17.2 Å². The van der Waals surface area contributed by atoms with E-state index in [1.165, 1.54) is 6.20 Å². The zero-order chi connectivity index (χ0) is 16.9. The summed E-state index contributed by atoms with van der Waals surface area (Å²) in [5, 5.41) is 0. The number of ether oxygens (including phenoxy) is 2. The van der Waals surface area contributed by atoms with E-state index in [-0.39, 0.29) is 0 Å². The summed E-state index contributed by atoms with van der Waals surface area (Å²) in [4.78, 5) is 27.5. The van der Waals surface area contributed by atoms with Gasteiger partial charge in [-0.2, -0.15) is 0 Å². The van der Waals surface area contributed by atoms with Crippen molar-refractivity contribution < 1.29 is 9.47 Å². The Balaban J connectivity index is 1.81. The second-order valence-electron chi connectivity index (χ2n) is 5.20. The minimum atomic E-state index is -0.515. The Labute approximate surface area is 137 Å². The molecule has 2 N–H and O–H groups in total. The molecule has 6 heteroatoms. The van der Waals surface area contributed by atoms with Crippen LogP contribution in [0.4, 0.5) is 0 Å². The highest BCUT2D eigenvalue weighted by molar-refractivity contribution is 5.38. The highest BCUT2D eigenvalue weighted by Crippen LogP contribution is 2.26. The number of H-pyrrole nitrogens is 2. The van der Waals surface area contributed by atoms with Gasteiger partial charge in [-0.05, 0) is 29.8 Å². The minimum Gasteiger partial charge on any atom is -0.497 e. The largest absolute Gasteiger partial charge is 0.497 e. The lowest BCUT2D eigenvalue weighted by Gasteiger charge is -2.09. The number of aromatic nitrogens is 2. The quantitative estimate of drug-likeness (QED) is 0.755. The molecule has 1 aromatic heterocycles. The fraction of sp³-hybridized carbons (Fsp3) is 0.111. The van der Waals surface area contributed by atoms with Crippen LogP contribution in [-0.2, 0) is 6.42 Å². The molecular formula is C18H16N2O4. The zero-order valence-electron chi connectivity index (χ0n) is 13.0. The molecule has 0 aliphatic rings.